The number of carbonyl (C=O) groups is 2. The van der Waals surface area contributed by atoms with Gasteiger partial charge in [0, 0.05) is 0 Å². The zero-order valence-electron chi connectivity index (χ0n) is 12.2. The van der Waals surface area contributed by atoms with Crippen LogP contribution in [0.5, 0.6) is 0 Å². The molecular formula is C11H27ClN2O4. The summed E-state index contributed by atoms with van der Waals surface area (Å²) >= 11 is 0. The van der Waals surface area contributed by atoms with E-state index in [1.54, 1.807) is 39.8 Å². The van der Waals surface area contributed by atoms with Crippen molar-refractivity contribution in [2.75, 3.05) is 28.2 Å². The van der Waals surface area contributed by atoms with E-state index in [2.05, 4.69) is 5.32 Å². The van der Waals surface area contributed by atoms with Gasteiger partial charge in [-0.1, -0.05) is 13.8 Å². The van der Waals surface area contributed by atoms with Gasteiger partial charge in [0.2, 0.25) is 0 Å². The number of halogens is 1. The Morgan fingerprint density at radius 2 is 1.22 bits per heavy atom. The lowest BCUT2D eigenvalue weighted by Crippen LogP contribution is -2.32. The van der Waals surface area contributed by atoms with Crippen molar-refractivity contribution in [3.8, 4) is 0 Å². The van der Waals surface area contributed by atoms with Crippen LogP contribution in [0.3, 0.4) is 0 Å². The normalized spacial score (nSPS) is 10.3. The minimum absolute atomic E-state index is 0. The maximum absolute atomic E-state index is 10.1. The molecule has 0 aromatic rings. The van der Waals surface area contributed by atoms with Crippen LogP contribution in [0.25, 0.3) is 0 Å². The maximum atomic E-state index is 10.1. The maximum Gasteiger partial charge on any atom is 0.320 e. The summed E-state index contributed by atoms with van der Waals surface area (Å²) in [6.07, 6.45) is 0. The standard InChI is InChI=1S/C5H11NO2.C4H8O2.C2H7N.ClH/c1-4(5(7)8)6(2)3;1-3(2)4(5)6;1-3-2;/h4H,1-3H3,(H,7,8);3H,1-2H3,(H,5,6);3H,1-2H3;1H. The molecule has 0 spiro atoms. The fourth-order valence-corrected chi connectivity index (χ4v) is 0.221. The summed E-state index contributed by atoms with van der Waals surface area (Å²) in [4.78, 5) is 21.4. The molecule has 0 amide bonds. The first-order chi connectivity index (χ1) is 7.61. The smallest absolute Gasteiger partial charge is 0.320 e. The third-order valence-electron chi connectivity index (χ3n) is 1.63. The van der Waals surface area contributed by atoms with E-state index in [4.69, 9.17) is 10.2 Å². The average Bonchev–Trinajstić information content (AvgIpc) is 2.18. The largest absolute Gasteiger partial charge is 0.481 e. The zero-order valence-corrected chi connectivity index (χ0v) is 13.0. The molecule has 0 aliphatic heterocycles. The summed E-state index contributed by atoms with van der Waals surface area (Å²) in [6.45, 7) is 4.92. The molecule has 0 saturated carbocycles. The van der Waals surface area contributed by atoms with Gasteiger partial charge in [0.15, 0.2) is 0 Å². The van der Waals surface area contributed by atoms with Crippen molar-refractivity contribution in [1.82, 2.24) is 10.2 Å². The van der Waals surface area contributed by atoms with Crippen molar-refractivity contribution < 1.29 is 19.8 Å². The van der Waals surface area contributed by atoms with Crippen LogP contribution in [-0.4, -0.2) is 61.3 Å². The van der Waals surface area contributed by atoms with E-state index in [0.29, 0.717) is 0 Å². The summed E-state index contributed by atoms with van der Waals surface area (Å²) in [6, 6.07) is -0.380. The Hall–Kier alpha value is -0.850. The Kier molecular flexibility index (Phi) is 23.2. The second kappa shape index (κ2) is 16.1. The Labute approximate surface area is 116 Å². The molecule has 0 heterocycles. The first kappa shape index (κ1) is 25.9. The molecule has 6 nitrogen and oxygen atoms in total. The molecule has 0 fully saturated rings. The molecule has 0 rings (SSSR count). The van der Waals surface area contributed by atoms with Gasteiger partial charge in [-0.2, -0.15) is 0 Å². The predicted molar refractivity (Wildman–Crippen MR) is 75.5 cm³/mol. The van der Waals surface area contributed by atoms with Gasteiger partial charge in [-0.05, 0) is 35.1 Å². The van der Waals surface area contributed by atoms with E-state index < -0.39 is 11.9 Å². The van der Waals surface area contributed by atoms with Gasteiger partial charge in [-0.25, -0.2) is 0 Å². The van der Waals surface area contributed by atoms with Crippen LogP contribution in [0.2, 0.25) is 0 Å². The molecular weight excluding hydrogens is 260 g/mol. The van der Waals surface area contributed by atoms with Gasteiger partial charge in [0.05, 0.1) is 5.92 Å². The van der Waals surface area contributed by atoms with Crippen molar-refractivity contribution in [3.63, 3.8) is 0 Å². The van der Waals surface area contributed by atoms with E-state index in [1.165, 1.54) is 0 Å². The van der Waals surface area contributed by atoms with Crippen LogP contribution in [-0.2, 0) is 9.59 Å². The molecule has 3 N–H and O–H groups in total. The molecule has 0 saturated heterocycles. The third kappa shape index (κ3) is 24.4. The zero-order chi connectivity index (χ0) is 14.6. The number of aliphatic carboxylic acids is 2. The van der Waals surface area contributed by atoms with Crippen LogP contribution in [0.4, 0.5) is 0 Å². The molecule has 0 bridgehead atoms. The number of rotatable bonds is 3. The summed E-state index contributed by atoms with van der Waals surface area (Å²) in [5, 5.41) is 19.1. The topological polar surface area (TPSA) is 89.9 Å². The van der Waals surface area contributed by atoms with Crippen LogP contribution >= 0.6 is 12.4 Å². The summed E-state index contributed by atoms with van der Waals surface area (Å²) in [7, 11) is 7.22. The van der Waals surface area contributed by atoms with Crippen molar-refractivity contribution >= 4 is 24.3 Å². The van der Waals surface area contributed by atoms with E-state index in [0.717, 1.165) is 0 Å². The molecule has 7 heteroatoms. The fourth-order valence-electron chi connectivity index (χ4n) is 0.221. The number of likely N-dealkylation sites (N-methyl/N-ethyl adjacent to an activating group) is 1. The number of hydrogen-bond donors (Lipinski definition) is 3. The fraction of sp³-hybridized carbons (Fsp3) is 0.818. The van der Waals surface area contributed by atoms with Crippen molar-refractivity contribution in [2.24, 2.45) is 5.92 Å². The SMILES string of the molecule is CC(C(=O)O)N(C)C.CC(C)C(=O)O.CNC.Cl. The molecule has 1 atom stereocenters. The highest BCUT2D eigenvalue weighted by Gasteiger charge is 2.11. The van der Waals surface area contributed by atoms with Crippen LogP contribution < -0.4 is 5.32 Å². The molecule has 112 valence electrons. The van der Waals surface area contributed by atoms with Gasteiger partial charge >= 0.3 is 11.9 Å². The van der Waals surface area contributed by atoms with Gasteiger partial charge in [-0.15, -0.1) is 12.4 Å². The minimum atomic E-state index is -0.782. The predicted octanol–water partition coefficient (Wildman–Crippen LogP) is 1.01. The second-order valence-corrected chi connectivity index (χ2v) is 3.97. The number of carboxylic acids is 2. The van der Waals surface area contributed by atoms with Gasteiger partial charge in [-0.3, -0.25) is 14.5 Å². The number of carboxylic acid groups (broad SMARTS) is 2. The van der Waals surface area contributed by atoms with Crippen LogP contribution in [0, 0.1) is 5.92 Å². The molecule has 0 aliphatic rings. The van der Waals surface area contributed by atoms with Gasteiger partial charge in [0.25, 0.3) is 0 Å². The molecule has 0 radical (unpaired) electrons. The Bertz CT molecular complexity index is 211. The number of nitrogens with zero attached hydrogens (tertiary/aromatic N) is 1. The van der Waals surface area contributed by atoms with E-state index in [-0.39, 0.29) is 24.4 Å². The molecule has 1 unspecified atom stereocenters. The Morgan fingerprint density at radius 3 is 1.22 bits per heavy atom. The Balaban J connectivity index is -0.0000000875. The van der Waals surface area contributed by atoms with Gasteiger partial charge in [0.1, 0.15) is 6.04 Å². The van der Waals surface area contributed by atoms with Crippen molar-refractivity contribution in [3.05, 3.63) is 0 Å². The number of hydrogen-bond acceptors (Lipinski definition) is 4. The average molecular weight is 287 g/mol. The van der Waals surface area contributed by atoms with E-state index in [1.807, 2.05) is 14.1 Å². The molecule has 0 aromatic heterocycles. The first-order valence-electron chi connectivity index (χ1n) is 5.32. The van der Waals surface area contributed by atoms with Crippen LogP contribution in [0.15, 0.2) is 0 Å². The molecule has 18 heavy (non-hydrogen) atoms. The second-order valence-electron chi connectivity index (χ2n) is 3.97. The van der Waals surface area contributed by atoms with Crippen molar-refractivity contribution in [2.45, 2.75) is 26.8 Å². The lowest BCUT2D eigenvalue weighted by molar-refractivity contribution is -0.142. The van der Waals surface area contributed by atoms with Crippen molar-refractivity contribution in [1.29, 1.82) is 0 Å². The highest BCUT2D eigenvalue weighted by atomic mass is 35.5. The highest BCUT2D eigenvalue weighted by Crippen LogP contribution is 1.88. The van der Waals surface area contributed by atoms with Gasteiger partial charge < -0.3 is 15.5 Å². The van der Waals surface area contributed by atoms with E-state index in [9.17, 15) is 9.59 Å². The highest BCUT2D eigenvalue weighted by molar-refractivity contribution is 5.85. The molecule has 0 aromatic carbocycles. The lowest BCUT2D eigenvalue weighted by atomic mass is 10.2. The quantitative estimate of drug-likeness (QED) is 0.717. The summed E-state index contributed by atoms with van der Waals surface area (Å²) in [5.74, 6) is -1.75. The van der Waals surface area contributed by atoms with E-state index >= 15 is 0 Å². The summed E-state index contributed by atoms with van der Waals surface area (Å²) in [5.41, 5.74) is 0. The third-order valence-corrected chi connectivity index (χ3v) is 1.63. The Morgan fingerprint density at radius 1 is 1.00 bits per heavy atom. The summed E-state index contributed by atoms with van der Waals surface area (Å²) < 4.78 is 0. The molecule has 0 aliphatic carbocycles. The lowest BCUT2D eigenvalue weighted by Gasteiger charge is -2.13. The van der Waals surface area contributed by atoms with Crippen LogP contribution in [0.1, 0.15) is 20.8 Å². The minimum Gasteiger partial charge on any atom is -0.481 e. The first-order valence-corrected chi connectivity index (χ1v) is 5.32. The monoisotopic (exact) mass is 286 g/mol. The number of nitrogens with one attached hydrogen (secondary N) is 1.